The van der Waals surface area contributed by atoms with Gasteiger partial charge in [-0.3, -0.25) is 0 Å². The molecular formula is C27H27NO2S. The first-order valence-corrected chi connectivity index (χ1v) is 11.7. The van der Waals surface area contributed by atoms with Crippen LogP contribution in [-0.4, -0.2) is 11.1 Å². The zero-order valence-corrected chi connectivity index (χ0v) is 18.3. The van der Waals surface area contributed by atoms with Crippen LogP contribution in [0.15, 0.2) is 107 Å². The second-order valence-corrected chi connectivity index (χ2v) is 8.84. The highest BCUT2D eigenvalue weighted by molar-refractivity contribution is 8.00. The fourth-order valence-corrected chi connectivity index (χ4v) is 4.72. The second-order valence-electron chi connectivity index (χ2n) is 7.47. The zero-order valence-electron chi connectivity index (χ0n) is 17.5. The first kappa shape index (κ1) is 21.3. The van der Waals surface area contributed by atoms with Gasteiger partial charge in [0.05, 0.1) is 11.9 Å². The van der Waals surface area contributed by atoms with Gasteiger partial charge in [-0.15, -0.1) is 11.8 Å². The van der Waals surface area contributed by atoms with E-state index in [0.717, 1.165) is 22.4 Å². The molecule has 0 aliphatic heterocycles. The standard InChI is InChI=1S/C27H27NO2S/c1-4-10-23(11-5-1)29-21-20-27(30-24-12-6-2-7-13-24)28-22-16-18-26(19-17-22)31-25-14-8-3-9-15-25/h1-2,4-7,10-13,16-21,25H,3,8-9,14-15H2. The van der Waals surface area contributed by atoms with Crippen molar-refractivity contribution in [1.82, 2.24) is 0 Å². The van der Waals surface area contributed by atoms with E-state index in [2.05, 4.69) is 12.1 Å². The summed E-state index contributed by atoms with van der Waals surface area (Å²) in [7, 11) is 0. The highest BCUT2D eigenvalue weighted by atomic mass is 32.2. The third-order valence-electron chi connectivity index (χ3n) is 5.05. The summed E-state index contributed by atoms with van der Waals surface area (Å²) in [5.41, 5.74) is 0.850. The first-order valence-electron chi connectivity index (χ1n) is 10.8. The van der Waals surface area contributed by atoms with Crippen LogP contribution in [0.4, 0.5) is 5.69 Å². The van der Waals surface area contributed by atoms with Crippen molar-refractivity contribution in [1.29, 1.82) is 0 Å². The van der Waals surface area contributed by atoms with E-state index < -0.39 is 0 Å². The summed E-state index contributed by atoms with van der Waals surface area (Å²) in [4.78, 5) is 6.00. The van der Waals surface area contributed by atoms with Crippen LogP contribution in [0.2, 0.25) is 0 Å². The van der Waals surface area contributed by atoms with Crippen LogP contribution in [0.25, 0.3) is 0 Å². The normalized spacial score (nSPS) is 15.2. The van der Waals surface area contributed by atoms with Gasteiger partial charge >= 0.3 is 0 Å². The monoisotopic (exact) mass is 429 g/mol. The summed E-state index contributed by atoms with van der Waals surface area (Å²) in [6.07, 6.45) is 10.1. The van der Waals surface area contributed by atoms with E-state index in [9.17, 15) is 0 Å². The molecule has 158 valence electrons. The van der Waals surface area contributed by atoms with E-state index in [1.807, 2.05) is 84.6 Å². The molecule has 0 spiro atoms. The Hall–Kier alpha value is -2.98. The molecule has 4 heteroatoms. The Bertz CT molecular complexity index is 979. The molecule has 3 aromatic carbocycles. The maximum atomic E-state index is 5.99. The number of hydrogen-bond donors (Lipinski definition) is 0. The van der Waals surface area contributed by atoms with Gasteiger partial charge in [0.2, 0.25) is 5.90 Å². The topological polar surface area (TPSA) is 30.8 Å². The maximum Gasteiger partial charge on any atom is 0.222 e. The molecule has 0 atom stereocenters. The van der Waals surface area contributed by atoms with E-state index >= 15 is 0 Å². The van der Waals surface area contributed by atoms with Gasteiger partial charge in [-0.1, -0.05) is 55.7 Å². The number of rotatable bonds is 7. The molecule has 0 aromatic heterocycles. The zero-order chi connectivity index (χ0) is 21.1. The average molecular weight is 430 g/mol. The van der Waals surface area contributed by atoms with E-state index in [1.165, 1.54) is 37.0 Å². The molecule has 31 heavy (non-hydrogen) atoms. The first-order chi connectivity index (χ1) is 15.3. The van der Waals surface area contributed by atoms with Gasteiger partial charge in [-0.05, 0) is 61.4 Å². The summed E-state index contributed by atoms with van der Waals surface area (Å²) in [6, 6.07) is 27.7. The Kier molecular flexibility index (Phi) is 7.83. The lowest BCUT2D eigenvalue weighted by atomic mass is 10.0. The van der Waals surface area contributed by atoms with E-state index in [-0.39, 0.29) is 0 Å². The molecule has 0 N–H and O–H groups in total. The molecule has 4 rings (SSSR count). The summed E-state index contributed by atoms with van der Waals surface area (Å²) in [5, 5.41) is 0.748. The van der Waals surface area contributed by atoms with Crippen LogP contribution >= 0.6 is 11.8 Å². The predicted octanol–water partition coefficient (Wildman–Crippen LogP) is 7.81. The van der Waals surface area contributed by atoms with Crippen molar-refractivity contribution < 1.29 is 9.47 Å². The number of nitrogens with zero attached hydrogens (tertiary/aromatic N) is 1. The maximum absolute atomic E-state index is 5.99. The summed E-state index contributed by atoms with van der Waals surface area (Å²) < 4.78 is 11.7. The van der Waals surface area contributed by atoms with Gasteiger partial charge < -0.3 is 9.47 Å². The predicted molar refractivity (Wildman–Crippen MR) is 130 cm³/mol. The van der Waals surface area contributed by atoms with Gasteiger partial charge in [0.1, 0.15) is 11.5 Å². The van der Waals surface area contributed by atoms with Gasteiger partial charge in [0, 0.05) is 16.2 Å². The van der Waals surface area contributed by atoms with Crippen LogP contribution < -0.4 is 9.47 Å². The number of hydrogen-bond acceptors (Lipinski definition) is 4. The molecule has 1 saturated carbocycles. The lowest BCUT2D eigenvalue weighted by Gasteiger charge is -2.20. The van der Waals surface area contributed by atoms with Crippen molar-refractivity contribution in [3.8, 4) is 11.5 Å². The Morgan fingerprint density at radius 3 is 2.10 bits per heavy atom. The molecule has 1 aliphatic carbocycles. The number of benzene rings is 3. The summed E-state index contributed by atoms with van der Waals surface area (Å²) >= 11 is 1.99. The molecule has 1 aliphatic rings. The third kappa shape index (κ3) is 7.04. The van der Waals surface area contributed by atoms with Crippen LogP contribution in [-0.2, 0) is 0 Å². The van der Waals surface area contributed by atoms with Gasteiger partial charge in [0.25, 0.3) is 0 Å². The quantitative estimate of drug-likeness (QED) is 0.218. The smallest absolute Gasteiger partial charge is 0.222 e. The molecule has 0 amide bonds. The number of thioether (sulfide) groups is 1. The van der Waals surface area contributed by atoms with Crippen molar-refractivity contribution in [2.75, 3.05) is 0 Å². The second kappa shape index (κ2) is 11.4. The lowest BCUT2D eigenvalue weighted by Crippen LogP contribution is -2.07. The van der Waals surface area contributed by atoms with E-state index in [1.54, 1.807) is 12.3 Å². The fraction of sp³-hybridized carbons (Fsp3) is 0.222. The van der Waals surface area contributed by atoms with Crippen molar-refractivity contribution in [2.24, 2.45) is 4.99 Å². The fourth-order valence-electron chi connectivity index (χ4n) is 3.48. The highest BCUT2D eigenvalue weighted by Crippen LogP contribution is 2.34. The van der Waals surface area contributed by atoms with Gasteiger partial charge in [-0.2, -0.15) is 0 Å². The number of aliphatic imine (C=N–C) groups is 1. The van der Waals surface area contributed by atoms with Crippen LogP contribution in [0, 0.1) is 0 Å². The molecule has 0 saturated heterocycles. The third-order valence-corrected chi connectivity index (χ3v) is 6.40. The van der Waals surface area contributed by atoms with Crippen LogP contribution in [0.1, 0.15) is 32.1 Å². The SMILES string of the molecule is C(=CC(=Nc1ccc(SC2CCCCC2)cc1)Oc1ccccc1)Oc1ccccc1. The molecule has 1 fully saturated rings. The number of para-hydroxylation sites is 2. The van der Waals surface area contributed by atoms with Crippen molar-refractivity contribution in [2.45, 2.75) is 42.2 Å². The molecule has 3 aromatic rings. The minimum atomic E-state index is 0.467. The Morgan fingerprint density at radius 1 is 0.774 bits per heavy atom. The number of ether oxygens (including phenoxy) is 2. The van der Waals surface area contributed by atoms with E-state index in [0.29, 0.717) is 5.90 Å². The molecular weight excluding hydrogens is 402 g/mol. The molecule has 0 bridgehead atoms. The Morgan fingerprint density at radius 2 is 1.42 bits per heavy atom. The highest BCUT2D eigenvalue weighted by Gasteiger charge is 2.14. The minimum Gasteiger partial charge on any atom is -0.465 e. The lowest BCUT2D eigenvalue weighted by molar-refractivity contribution is 0.479. The average Bonchev–Trinajstić information content (AvgIpc) is 2.82. The van der Waals surface area contributed by atoms with Crippen molar-refractivity contribution >= 4 is 23.3 Å². The Balaban J connectivity index is 1.46. The van der Waals surface area contributed by atoms with Gasteiger partial charge in [-0.25, -0.2) is 4.99 Å². The van der Waals surface area contributed by atoms with Crippen LogP contribution in [0.5, 0.6) is 11.5 Å². The van der Waals surface area contributed by atoms with E-state index in [4.69, 9.17) is 14.5 Å². The molecule has 0 heterocycles. The molecule has 3 nitrogen and oxygen atoms in total. The largest absolute Gasteiger partial charge is 0.465 e. The molecule has 0 radical (unpaired) electrons. The molecule has 0 unspecified atom stereocenters. The van der Waals surface area contributed by atoms with Crippen LogP contribution in [0.3, 0.4) is 0 Å². The summed E-state index contributed by atoms with van der Waals surface area (Å²) in [5.74, 6) is 1.96. The van der Waals surface area contributed by atoms with Crippen molar-refractivity contribution in [3.63, 3.8) is 0 Å². The van der Waals surface area contributed by atoms with Gasteiger partial charge in [0.15, 0.2) is 0 Å². The minimum absolute atomic E-state index is 0.467. The summed E-state index contributed by atoms with van der Waals surface area (Å²) in [6.45, 7) is 0. The Labute approximate surface area is 188 Å². The van der Waals surface area contributed by atoms with Crippen molar-refractivity contribution in [3.05, 3.63) is 97.3 Å².